The molecule has 0 saturated carbocycles. The van der Waals surface area contributed by atoms with E-state index in [9.17, 15) is 16.8 Å². The second kappa shape index (κ2) is 11.2. The van der Waals surface area contributed by atoms with Crippen molar-refractivity contribution in [3.63, 3.8) is 0 Å². The van der Waals surface area contributed by atoms with E-state index in [4.69, 9.17) is 8.37 Å². The number of imidazole rings is 2. The molecule has 206 valence electrons. The molecular weight excluding hydrogens is 552 g/mol. The molecular formula is C28H26N4O6S2. The number of aromatic nitrogens is 4. The molecule has 0 aliphatic carbocycles. The van der Waals surface area contributed by atoms with E-state index in [1.807, 2.05) is 24.3 Å². The Hall–Kier alpha value is -4.10. The summed E-state index contributed by atoms with van der Waals surface area (Å²) in [5.41, 5.74) is 3.55. The van der Waals surface area contributed by atoms with E-state index in [0.717, 1.165) is 11.1 Å². The van der Waals surface area contributed by atoms with Crippen LogP contribution in [0, 0.1) is 0 Å². The lowest BCUT2D eigenvalue weighted by atomic mass is 10.1. The van der Waals surface area contributed by atoms with Crippen molar-refractivity contribution in [1.82, 2.24) is 19.9 Å². The first kappa shape index (κ1) is 27.5. The highest BCUT2D eigenvalue weighted by Gasteiger charge is 2.23. The predicted octanol–water partition coefficient (Wildman–Crippen LogP) is 5.25. The Bertz CT molecular complexity index is 1740. The summed E-state index contributed by atoms with van der Waals surface area (Å²) in [7, 11) is -7.88. The summed E-state index contributed by atoms with van der Waals surface area (Å²) in [6.07, 6.45) is 3.40. The van der Waals surface area contributed by atoms with Crippen molar-refractivity contribution in [3.8, 4) is 45.3 Å². The summed E-state index contributed by atoms with van der Waals surface area (Å²) in [4.78, 5) is 15.5. The average molecular weight is 579 g/mol. The molecule has 40 heavy (non-hydrogen) atoms. The quantitative estimate of drug-likeness (QED) is 0.214. The van der Waals surface area contributed by atoms with Crippen molar-refractivity contribution < 1.29 is 25.2 Å². The molecule has 2 N–H and O–H groups in total. The van der Waals surface area contributed by atoms with Crippen molar-refractivity contribution in [2.24, 2.45) is 0 Å². The molecule has 0 radical (unpaired) electrons. The molecule has 0 atom stereocenters. The van der Waals surface area contributed by atoms with Gasteiger partial charge in [-0.3, -0.25) is 8.37 Å². The van der Waals surface area contributed by atoms with Crippen LogP contribution in [0.1, 0.15) is 13.8 Å². The van der Waals surface area contributed by atoms with Gasteiger partial charge in [-0.05, 0) is 44.2 Å². The van der Waals surface area contributed by atoms with E-state index in [1.165, 1.54) is 12.1 Å². The van der Waals surface area contributed by atoms with E-state index in [2.05, 4.69) is 19.9 Å². The van der Waals surface area contributed by atoms with Crippen LogP contribution in [0.3, 0.4) is 0 Å². The van der Waals surface area contributed by atoms with Gasteiger partial charge in [-0.1, -0.05) is 42.5 Å². The lowest BCUT2D eigenvalue weighted by Crippen LogP contribution is -2.07. The average Bonchev–Trinajstić information content (AvgIpc) is 3.64. The first-order chi connectivity index (χ1) is 19.2. The lowest BCUT2D eigenvalue weighted by Gasteiger charge is -2.08. The minimum Gasteiger partial charge on any atom is -0.344 e. The van der Waals surface area contributed by atoms with Gasteiger partial charge in [0.1, 0.15) is 21.4 Å². The Morgan fingerprint density at radius 1 is 0.625 bits per heavy atom. The fraction of sp³-hybridized carbons (Fsp3) is 0.143. The third-order valence-electron chi connectivity index (χ3n) is 5.98. The van der Waals surface area contributed by atoms with Crippen LogP contribution in [0.2, 0.25) is 0 Å². The number of hydrogen-bond acceptors (Lipinski definition) is 8. The second-order valence-electron chi connectivity index (χ2n) is 8.56. The molecule has 0 aliphatic heterocycles. The van der Waals surface area contributed by atoms with Crippen LogP contribution in [0.25, 0.3) is 45.3 Å². The molecule has 12 heteroatoms. The van der Waals surface area contributed by atoms with Gasteiger partial charge >= 0.3 is 0 Å². The highest BCUT2D eigenvalue weighted by molar-refractivity contribution is 7.87. The molecule has 2 aromatic heterocycles. The maximum atomic E-state index is 12.6. The van der Waals surface area contributed by atoms with Gasteiger partial charge in [0, 0.05) is 34.6 Å². The number of H-pyrrole nitrogens is 2. The molecule has 0 spiro atoms. The minimum atomic E-state index is -3.94. The van der Waals surface area contributed by atoms with Gasteiger partial charge in [-0.2, -0.15) is 16.8 Å². The van der Waals surface area contributed by atoms with Crippen molar-refractivity contribution in [3.05, 3.63) is 85.2 Å². The molecule has 0 bridgehead atoms. The van der Waals surface area contributed by atoms with Gasteiger partial charge in [0.2, 0.25) is 0 Å². The number of hydrogen-bond donors (Lipinski definition) is 2. The van der Waals surface area contributed by atoms with Gasteiger partial charge in [0.25, 0.3) is 20.2 Å². The molecule has 3 aromatic carbocycles. The van der Waals surface area contributed by atoms with Crippen LogP contribution in [0.15, 0.2) is 95.0 Å². The van der Waals surface area contributed by atoms with Gasteiger partial charge < -0.3 is 9.97 Å². The largest absolute Gasteiger partial charge is 0.344 e. The zero-order valence-corrected chi connectivity index (χ0v) is 23.3. The third-order valence-corrected chi connectivity index (χ3v) is 8.86. The van der Waals surface area contributed by atoms with Crippen LogP contribution in [-0.4, -0.2) is 50.0 Å². The molecule has 0 saturated heterocycles. The summed E-state index contributed by atoms with van der Waals surface area (Å²) < 4.78 is 60.4. The fourth-order valence-electron chi connectivity index (χ4n) is 4.25. The molecule has 0 amide bonds. The van der Waals surface area contributed by atoms with Crippen LogP contribution < -0.4 is 0 Å². The van der Waals surface area contributed by atoms with E-state index in [-0.39, 0.29) is 23.0 Å². The normalized spacial score (nSPS) is 12.1. The Balaban J connectivity index is 1.47. The summed E-state index contributed by atoms with van der Waals surface area (Å²) in [5, 5.41) is 0. The maximum absolute atomic E-state index is 12.6. The van der Waals surface area contributed by atoms with Gasteiger partial charge in [0.15, 0.2) is 0 Å². The molecule has 5 rings (SSSR count). The van der Waals surface area contributed by atoms with Crippen molar-refractivity contribution >= 4 is 20.2 Å². The van der Waals surface area contributed by atoms with E-state index in [1.54, 1.807) is 62.6 Å². The standard InChI is InChI=1S/C28H26N4O6S2/c1-3-37-39(33,34)25-14-7-5-12-21(25)27-29-17-23(31-27)19-10-9-11-20(16-19)24-18-30-28(32-24)22-13-6-8-15-26(22)40(35,36)38-4-2/h5-18H,3-4H2,1-2H3,(H,29,31)(H,30,32). The zero-order chi connectivity index (χ0) is 28.3. The van der Waals surface area contributed by atoms with Crippen LogP contribution in [0.4, 0.5) is 0 Å². The topological polar surface area (TPSA) is 144 Å². The SMILES string of the molecule is CCOS(=O)(=O)c1ccccc1-c1nc(-c2cccc(-c3c[nH]c(-c4ccccc4S(=O)(=O)OCC)n3)c2)c[nH]1. The number of aromatic amines is 2. The van der Waals surface area contributed by atoms with Crippen LogP contribution in [-0.2, 0) is 28.6 Å². The second-order valence-corrected chi connectivity index (χ2v) is 11.7. The summed E-state index contributed by atoms with van der Waals surface area (Å²) >= 11 is 0. The van der Waals surface area contributed by atoms with E-state index >= 15 is 0 Å². The Morgan fingerprint density at radius 3 is 1.48 bits per heavy atom. The lowest BCUT2D eigenvalue weighted by molar-refractivity contribution is 0.337. The van der Waals surface area contributed by atoms with Crippen molar-refractivity contribution in [2.75, 3.05) is 13.2 Å². The van der Waals surface area contributed by atoms with Crippen LogP contribution >= 0.6 is 0 Å². The van der Waals surface area contributed by atoms with Gasteiger partial charge in [-0.15, -0.1) is 0 Å². The monoisotopic (exact) mass is 578 g/mol. The zero-order valence-electron chi connectivity index (χ0n) is 21.7. The predicted molar refractivity (Wildman–Crippen MR) is 150 cm³/mol. The first-order valence-corrected chi connectivity index (χ1v) is 15.2. The van der Waals surface area contributed by atoms with E-state index in [0.29, 0.717) is 34.2 Å². The number of benzene rings is 3. The molecule has 0 fully saturated rings. The maximum Gasteiger partial charge on any atom is 0.297 e. The number of rotatable bonds is 10. The first-order valence-electron chi connectivity index (χ1n) is 12.4. The van der Waals surface area contributed by atoms with Crippen molar-refractivity contribution in [1.29, 1.82) is 0 Å². The summed E-state index contributed by atoms with van der Waals surface area (Å²) in [6, 6.07) is 20.5. The van der Waals surface area contributed by atoms with Crippen molar-refractivity contribution in [2.45, 2.75) is 23.6 Å². The summed E-state index contributed by atoms with van der Waals surface area (Å²) in [5.74, 6) is 0.766. The molecule has 0 unspecified atom stereocenters. The van der Waals surface area contributed by atoms with Gasteiger partial charge in [0.05, 0.1) is 24.6 Å². The number of nitrogens with zero attached hydrogens (tertiary/aromatic N) is 2. The smallest absolute Gasteiger partial charge is 0.297 e. The molecule has 0 aliphatic rings. The molecule has 10 nitrogen and oxygen atoms in total. The Morgan fingerprint density at radius 2 is 1.05 bits per heavy atom. The Kier molecular flexibility index (Phi) is 7.68. The van der Waals surface area contributed by atoms with E-state index < -0.39 is 20.2 Å². The molecule has 5 aromatic rings. The highest BCUT2D eigenvalue weighted by atomic mass is 32.2. The van der Waals surface area contributed by atoms with Gasteiger partial charge in [-0.25, -0.2) is 9.97 Å². The number of nitrogens with one attached hydrogen (secondary N) is 2. The summed E-state index contributed by atoms with van der Waals surface area (Å²) in [6.45, 7) is 3.27. The Labute approximate surface area is 232 Å². The highest BCUT2D eigenvalue weighted by Crippen LogP contribution is 2.32. The third kappa shape index (κ3) is 5.47. The fourth-order valence-corrected chi connectivity index (χ4v) is 6.48. The van der Waals surface area contributed by atoms with Crippen LogP contribution in [0.5, 0.6) is 0 Å². The molecule has 2 heterocycles. The minimum absolute atomic E-state index is 0.0235.